The molecule has 2 atom stereocenters. The van der Waals surface area contributed by atoms with Gasteiger partial charge in [-0.05, 0) is 69.3 Å². The number of carbonyl (C=O) groups is 1. The van der Waals surface area contributed by atoms with Gasteiger partial charge in [-0.15, -0.1) is 12.4 Å². The molecule has 0 bridgehead atoms. The van der Waals surface area contributed by atoms with Crippen molar-refractivity contribution in [2.75, 3.05) is 39.4 Å². The van der Waals surface area contributed by atoms with Crippen molar-refractivity contribution in [1.29, 1.82) is 0 Å². The summed E-state index contributed by atoms with van der Waals surface area (Å²) in [6, 6.07) is 11.7. The number of rotatable bonds is 4. The lowest BCUT2D eigenvalue weighted by Gasteiger charge is -2.32. The van der Waals surface area contributed by atoms with Gasteiger partial charge in [0.05, 0.1) is 19.8 Å². The maximum Gasteiger partial charge on any atom is 0.410 e. The van der Waals surface area contributed by atoms with E-state index in [0.717, 1.165) is 12.1 Å². The minimum Gasteiger partial charge on any atom is -0.444 e. The van der Waals surface area contributed by atoms with Gasteiger partial charge in [0, 0.05) is 30.8 Å². The number of morpholine rings is 2. The number of nitrogens with zero attached hydrogens (tertiary/aromatic N) is 5. The topological polar surface area (TPSA) is 138 Å². The number of ether oxygens (including phenoxy) is 3. The van der Waals surface area contributed by atoms with Crippen LogP contribution in [0.1, 0.15) is 44.8 Å². The third-order valence-corrected chi connectivity index (χ3v) is 6.28. The van der Waals surface area contributed by atoms with Crippen LogP contribution in [-0.4, -0.2) is 76.3 Å². The molecule has 4 heterocycles. The zero-order chi connectivity index (χ0) is 30.4. The summed E-state index contributed by atoms with van der Waals surface area (Å²) in [5, 5.41) is 11.0. The summed E-state index contributed by atoms with van der Waals surface area (Å²) in [5.41, 5.74) is 0.789. The van der Waals surface area contributed by atoms with Gasteiger partial charge in [-0.3, -0.25) is 0 Å². The van der Waals surface area contributed by atoms with Gasteiger partial charge >= 0.3 is 6.09 Å². The second-order valence-corrected chi connectivity index (χ2v) is 10.8. The Hall–Kier alpha value is -3.98. The van der Waals surface area contributed by atoms with Gasteiger partial charge in [0.2, 0.25) is 11.6 Å². The fourth-order valence-corrected chi connectivity index (χ4v) is 4.18. The molecule has 2 aromatic carbocycles. The Labute approximate surface area is 258 Å². The highest BCUT2D eigenvalue weighted by molar-refractivity contribution is 5.85. The molecule has 236 valence electrons. The van der Waals surface area contributed by atoms with Crippen molar-refractivity contribution in [3.8, 4) is 22.8 Å². The summed E-state index contributed by atoms with van der Waals surface area (Å²) in [7, 11) is 0. The van der Waals surface area contributed by atoms with E-state index in [-0.39, 0.29) is 42.6 Å². The molecule has 12 nitrogen and oxygen atoms in total. The summed E-state index contributed by atoms with van der Waals surface area (Å²) < 4.78 is 52.8. The van der Waals surface area contributed by atoms with Crippen molar-refractivity contribution in [2.45, 2.75) is 38.6 Å². The lowest BCUT2D eigenvalue weighted by atomic mass is 10.2. The van der Waals surface area contributed by atoms with Gasteiger partial charge in [-0.25, -0.2) is 13.6 Å². The van der Waals surface area contributed by atoms with E-state index in [9.17, 15) is 13.6 Å². The lowest BCUT2D eigenvalue weighted by molar-refractivity contribution is -0.0536. The number of amides is 1. The molecule has 2 saturated heterocycles. The molecule has 2 aliphatic heterocycles. The number of nitrogens with one attached hydrogen (secondary N) is 1. The molecule has 0 saturated carbocycles. The molecule has 2 unspecified atom stereocenters. The first-order chi connectivity index (χ1) is 20.6. The second kappa shape index (κ2) is 14.7. The van der Waals surface area contributed by atoms with Crippen LogP contribution in [-0.2, 0) is 14.2 Å². The average Bonchev–Trinajstić information content (AvgIpc) is 3.69. The molecule has 1 N–H and O–H groups in total. The summed E-state index contributed by atoms with van der Waals surface area (Å²) in [6.45, 7) is 8.60. The molecule has 4 aromatic rings. The second-order valence-electron chi connectivity index (χ2n) is 10.8. The van der Waals surface area contributed by atoms with E-state index in [0.29, 0.717) is 49.4 Å². The molecular weight excluding hydrogens is 602 g/mol. The SMILES string of the molecule is CC(C)(C)OC(=O)N1CCOC(c2nc(-c3ccc(F)cc3)no2)C1.Cl.Fc1ccc(-c2noc(C3CNCCO3)n2)cc1. The van der Waals surface area contributed by atoms with E-state index >= 15 is 0 Å². The Balaban J connectivity index is 0.000000206. The summed E-state index contributed by atoms with van der Waals surface area (Å²) >= 11 is 0. The quantitative estimate of drug-likeness (QED) is 0.319. The molecule has 44 heavy (non-hydrogen) atoms. The highest BCUT2D eigenvalue weighted by atomic mass is 35.5. The maximum absolute atomic E-state index is 13.0. The molecular formula is C29H33ClF2N6O6. The van der Waals surface area contributed by atoms with Gasteiger partial charge in [0.25, 0.3) is 11.8 Å². The highest BCUT2D eigenvalue weighted by Crippen LogP contribution is 2.25. The van der Waals surface area contributed by atoms with Crippen molar-refractivity contribution < 1.29 is 36.8 Å². The van der Waals surface area contributed by atoms with Crippen LogP contribution in [0.25, 0.3) is 22.8 Å². The lowest BCUT2D eigenvalue weighted by Crippen LogP contribution is -2.44. The molecule has 2 aliphatic rings. The Morgan fingerprint density at radius 2 is 1.39 bits per heavy atom. The number of aromatic nitrogens is 4. The Kier molecular flexibility index (Phi) is 11.0. The van der Waals surface area contributed by atoms with Crippen LogP contribution in [0.2, 0.25) is 0 Å². The first-order valence-corrected chi connectivity index (χ1v) is 13.8. The molecule has 0 radical (unpaired) electrons. The summed E-state index contributed by atoms with van der Waals surface area (Å²) in [6.07, 6.45) is -1.14. The maximum atomic E-state index is 13.0. The number of benzene rings is 2. The van der Waals surface area contributed by atoms with Crippen LogP contribution < -0.4 is 5.32 Å². The fourth-order valence-electron chi connectivity index (χ4n) is 4.18. The minimum absolute atomic E-state index is 0. The van der Waals surface area contributed by atoms with E-state index in [1.54, 1.807) is 29.2 Å². The van der Waals surface area contributed by atoms with Gasteiger partial charge in [0.15, 0.2) is 6.10 Å². The number of halogens is 3. The number of carbonyl (C=O) groups excluding carboxylic acids is 1. The number of hydrogen-bond acceptors (Lipinski definition) is 11. The van der Waals surface area contributed by atoms with E-state index < -0.39 is 17.8 Å². The van der Waals surface area contributed by atoms with Gasteiger partial charge in [-0.1, -0.05) is 10.3 Å². The van der Waals surface area contributed by atoms with E-state index in [1.807, 2.05) is 20.8 Å². The van der Waals surface area contributed by atoms with Crippen molar-refractivity contribution in [3.63, 3.8) is 0 Å². The van der Waals surface area contributed by atoms with Gasteiger partial charge < -0.3 is 33.5 Å². The van der Waals surface area contributed by atoms with E-state index in [1.165, 1.54) is 24.3 Å². The molecule has 2 fully saturated rings. The van der Waals surface area contributed by atoms with Crippen LogP contribution in [0.3, 0.4) is 0 Å². The zero-order valence-electron chi connectivity index (χ0n) is 24.4. The number of hydrogen-bond donors (Lipinski definition) is 1. The normalized spacial score (nSPS) is 18.5. The molecule has 0 aliphatic carbocycles. The standard InChI is InChI=1S/C17H20FN3O4.C12H12FN3O2.ClH/c1-17(2,3)24-16(22)21-8-9-23-13(10-21)15-19-14(20-25-15)11-4-6-12(18)7-5-11;13-9-3-1-8(2-4-9)11-15-12(18-16-11)10-7-14-5-6-17-10;/h4-7,13H,8-10H2,1-3H3;1-4,10,14H,5-7H2;1H. The first kappa shape index (κ1) is 32.9. The molecule has 15 heteroatoms. The monoisotopic (exact) mass is 634 g/mol. The third-order valence-electron chi connectivity index (χ3n) is 6.28. The average molecular weight is 635 g/mol. The van der Waals surface area contributed by atoms with Gasteiger partial charge in [-0.2, -0.15) is 9.97 Å². The van der Waals surface area contributed by atoms with Crippen molar-refractivity contribution in [1.82, 2.24) is 30.5 Å². The molecule has 0 spiro atoms. The zero-order valence-corrected chi connectivity index (χ0v) is 25.2. The van der Waals surface area contributed by atoms with Crippen LogP contribution in [0.15, 0.2) is 57.6 Å². The Morgan fingerprint density at radius 3 is 1.89 bits per heavy atom. The van der Waals surface area contributed by atoms with Crippen LogP contribution >= 0.6 is 12.4 Å². The molecule has 6 rings (SSSR count). The van der Waals surface area contributed by atoms with Crippen molar-refractivity contribution >= 4 is 18.5 Å². The van der Waals surface area contributed by atoms with Crippen LogP contribution in [0, 0.1) is 11.6 Å². The van der Waals surface area contributed by atoms with Crippen molar-refractivity contribution in [2.24, 2.45) is 0 Å². The summed E-state index contributed by atoms with van der Waals surface area (Å²) in [4.78, 5) is 22.3. The van der Waals surface area contributed by atoms with Crippen LogP contribution in [0.4, 0.5) is 13.6 Å². The fraction of sp³-hybridized carbons (Fsp3) is 0.414. The van der Waals surface area contributed by atoms with E-state index in [4.69, 9.17) is 23.3 Å². The Bertz CT molecular complexity index is 1490. The molecule has 1 amide bonds. The van der Waals surface area contributed by atoms with Crippen molar-refractivity contribution in [3.05, 3.63) is 71.9 Å². The minimum atomic E-state index is -0.564. The largest absolute Gasteiger partial charge is 0.444 e. The summed E-state index contributed by atoms with van der Waals surface area (Å²) in [5.74, 6) is 0.875. The predicted octanol–water partition coefficient (Wildman–Crippen LogP) is 5.14. The molecule has 2 aromatic heterocycles. The van der Waals surface area contributed by atoms with Gasteiger partial charge in [0.1, 0.15) is 23.3 Å². The first-order valence-electron chi connectivity index (χ1n) is 13.8. The smallest absolute Gasteiger partial charge is 0.410 e. The van der Waals surface area contributed by atoms with Crippen LogP contribution in [0.5, 0.6) is 0 Å². The Morgan fingerprint density at radius 1 is 0.864 bits per heavy atom. The third kappa shape index (κ3) is 8.78. The predicted molar refractivity (Wildman–Crippen MR) is 155 cm³/mol. The highest BCUT2D eigenvalue weighted by Gasteiger charge is 2.32. The van der Waals surface area contributed by atoms with E-state index in [2.05, 4.69) is 25.6 Å².